The van der Waals surface area contributed by atoms with Crippen LogP contribution in [0.25, 0.3) is 22.0 Å². The third kappa shape index (κ3) is 5.11. The number of hydrogen-bond acceptors (Lipinski definition) is 4. The highest BCUT2D eigenvalue weighted by Crippen LogP contribution is 2.31. The highest BCUT2D eigenvalue weighted by molar-refractivity contribution is 6.09. The number of aryl methyl sites for hydroxylation is 3. The normalized spacial score (nSPS) is 11.6. The van der Waals surface area contributed by atoms with Gasteiger partial charge in [-0.05, 0) is 89.2 Å². The zero-order valence-corrected chi connectivity index (χ0v) is 22.2. The van der Waals surface area contributed by atoms with Crippen LogP contribution in [0.3, 0.4) is 0 Å². The average molecular weight is 486 g/mol. The molecule has 4 rings (SSSR count). The van der Waals surface area contributed by atoms with E-state index in [0.29, 0.717) is 11.1 Å². The molecule has 2 N–H and O–H groups in total. The van der Waals surface area contributed by atoms with Gasteiger partial charge in [-0.2, -0.15) is 5.10 Å². The molecule has 0 atom stereocenters. The predicted octanol–water partition coefficient (Wildman–Crippen LogP) is 4.89. The fourth-order valence-corrected chi connectivity index (χ4v) is 4.73. The van der Waals surface area contributed by atoms with Gasteiger partial charge in [0.05, 0.1) is 16.8 Å². The van der Waals surface area contributed by atoms with Gasteiger partial charge in [0.2, 0.25) is 0 Å². The van der Waals surface area contributed by atoms with Crippen LogP contribution >= 0.6 is 0 Å². The Labute approximate surface area is 212 Å². The van der Waals surface area contributed by atoms with E-state index >= 15 is 0 Å². The number of aromatic amines is 1. The van der Waals surface area contributed by atoms with Crippen LogP contribution in [0, 0.1) is 20.8 Å². The zero-order valence-electron chi connectivity index (χ0n) is 22.2. The molecular weight excluding hydrogens is 450 g/mol. The second kappa shape index (κ2) is 10.1. The standard InChI is InChI=1S/C29H35N5O2/c1-17(2)34-26-14-23(22-10-8-21(9-11-22)16-33(6)7)13-24(27(26)20(5)32-34)28(35)30-15-25-18(3)12-19(4)31-29(25)36/h8-14,17H,15-16H2,1-7H3,(H,30,35)(H,31,36). The van der Waals surface area contributed by atoms with Crippen molar-refractivity contribution in [1.29, 1.82) is 0 Å². The molecule has 0 saturated heterocycles. The summed E-state index contributed by atoms with van der Waals surface area (Å²) in [5, 5.41) is 8.57. The van der Waals surface area contributed by atoms with Crippen LogP contribution in [0.2, 0.25) is 0 Å². The molecule has 0 radical (unpaired) electrons. The van der Waals surface area contributed by atoms with Gasteiger partial charge in [-0.25, -0.2) is 0 Å². The molecule has 0 bridgehead atoms. The Hall–Kier alpha value is -3.71. The second-order valence-electron chi connectivity index (χ2n) is 10.1. The van der Waals surface area contributed by atoms with E-state index in [-0.39, 0.29) is 24.1 Å². The minimum Gasteiger partial charge on any atom is -0.348 e. The molecule has 0 spiro atoms. The Morgan fingerprint density at radius 3 is 2.36 bits per heavy atom. The maximum Gasteiger partial charge on any atom is 0.253 e. The summed E-state index contributed by atoms with van der Waals surface area (Å²) in [6.07, 6.45) is 0. The molecule has 2 heterocycles. The lowest BCUT2D eigenvalue weighted by Gasteiger charge is -2.14. The van der Waals surface area contributed by atoms with Gasteiger partial charge in [0.1, 0.15) is 0 Å². The number of H-pyrrole nitrogens is 1. The Balaban J connectivity index is 1.77. The summed E-state index contributed by atoms with van der Waals surface area (Å²) in [6, 6.07) is 14.5. The largest absolute Gasteiger partial charge is 0.348 e. The number of aromatic nitrogens is 3. The molecule has 2 aromatic heterocycles. The van der Waals surface area contributed by atoms with Crippen LogP contribution in [-0.4, -0.2) is 39.7 Å². The summed E-state index contributed by atoms with van der Waals surface area (Å²) in [6.45, 7) is 10.9. The van der Waals surface area contributed by atoms with Crippen LogP contribution in [0.5, 0.6) is 0 Å². The smallest absolute Gasteiger partial charge is 0.253 e. The quantitative estimate of drug-likeness (QED) is 0.390. The van der Waals surface area contributed by atoms with E-state index in [2.05, 4.69) is 59.4 Å². The summed E-state index contributed by atoms with van der Waals surface area (Å²) in [5.74, 6) is -0.225. The van der Waals surface area contributed by atoms with Crippen LogP contribution in [0.1, 0.15) is 58.3 Å². The number of carbonyl (C=O) groups excluding carboxylic acids is 1. The molecular formula is C29H35N5O2. The van der Waals surface area contributed by atoms with Gasteiger partial charge in [-0.3, -0.25) is 14.3 Å². The van der Waals surface area contributed by atoms with Gasteiger partial charge in [-0.15, -0.1) is 0 Å². The molecule has 0 aliphatic rings. The van der Waals surface area contributed by atoms with Crippen molar-refractivity contribution in [2.45, 2.75) is 53.8 Å². The average Bonchev–Trinajstić information content (AvgIpc) is 3.14. The van der Waals surface area contributed by atoms with E-state index < -0.39 is 0 Å². The molecule has 0 saturated carbocycles. The van der Waals surface area contributed by atoms with Gasteiger partial charge in [0.15, 0.2) is 0 Å². The van der Waals surface area contributed by atoms with Gasteiger partial charge in [0, 0.05) is 35.8 Å². The van der Waals surface area contributed by atoms with Crippen molar-refractivity contribution in [1.82, 2.24) is 25.0 Å². The number of benzene rings is 2. The lowest BCUT2D eigenvalue weighted by atomic mass is 9.97. The maximum atomic E-state index is 13.5. The fraction of sp³-hybridized carbons (Fsp3) is 0.345. The van der Waals surface area contributed by atoms with E-state index in [4.69, 9.17) is 5.10 Å². The summed E-state index contributed by atoms with van der Waals surface area (Å²) < 4.78 is 1.97. The van der Waals surface area contributed by atoms with Gasteiger partial charge in [0.25, 0.3) is 11.5 Å². The summed E-state index contributed by atoms with van der Waals surface area (Å²) in [7, 11) is 4.10. The number of carbonyl (C=O) groups is 1. The lowest BCUT2D eigenvalue weighted by molar-refractivity contribution is 0.0952. The number of nitrogens with zero attached hydrogens (tertiary/aromatic N) is 3. The monoisotopic (exact) mass is 485 g/mol. The first-order valence-corrected chi connectivity index (χ1v) is 12.3. The van der Waals surface area contributed by atoms with E-state index in [1.807, 2.05) is 51.7 Å². The molecule has 2 aromatic carbocycles. The van der Waals surface area contributed by atoms with Crippen LogP contribution in [-0.2, 0) is 13.1 Å². The number of pyridine rings is 1. The molecule has 0 unspecified atom stereocenters. The van der Waals surface area contributed by atoms with E-state index in [0.717, 1.165) is 45.5 Å². The molecule has 0 fully saturated rings. The summed E-state index contributed by atoms with van der Waals surface area (Å²) in [4.78, 5) is 31.0. The molecule has 188 valence electrons. The topological polar surface area (TPSA) is 83.0 Å². The first-order valence-electron chi connectivity index (χ1n) is 12.3. The number of amides is 1. The first kappa shape index (κ1) is 25.4. The number of hydrogen-bond donors (Lipinski definition) is 2. The molecule has 7 nitrogen and oxygen atoms in total. The van der Waals surface area contributed by atoms with E-state index in [1.165, 1.54) is 5.56 Å². The van der Waals surface area contributed by atoms with Crippen molar-refractivity contribution in [3.8, 4) is 11.1 Å². The molecule has 7 heteroatoms. The Morgan fingerprint density at radius 2 is 1.75 bits per heavy atom. The molecule has 36 heavy (non-hydrogen) atoms. The number of nitrogens with one attached hydrogen (secondary N) is 2. The van der Waals surface area contributed by atoms with Crippen molar-refractivity contribution in [2.75, 3.05) is 14.1 Å². The van der Waals surface area contributed by atoms with Crippen LogP contribution in [0.4, 0.5) is 0 Å². The van der Waals surface area contributed by atoms with Crippen LogP contribution in [0.15, 0.2) is 47.3 Å². The Morgan fingerprint density at radius 1 is 1.06 bits per heavy atom. The zero-order chi connectivity index (χ0) is 26.1. The summed E-state index contributed by atoms with van der Waals surface area (Å²) in [5.41, 5.74) is 7.56. The molecule has 4 aromatic rings. The Kier molecular flexibility index (Phi) is 7.13. The molecule has 1 amide bonds. The van der Waals surface area contributed by atoms with Gasteiger partial charge in [-0.1, -0.05) is 24.3 Å². The predicted molar refractivity (Wildman–Crippen MR) is 145 cm³/mol. The number of fused-ring (bicyclic) bond motifs is 1. The van der Waals surface area contributed by atoms with Crippen molar-refractivity contribution in [3.63, 3.8) is 0 Å². The highest BCUT2D eigenvalue weighted by Gasteiger charge is 2.20. The minimum absolute atomic E-state index is 0.142. The maximum absolute atomic E-state index is 13.5. The lowest BCUT2D eigenvalue weighted by Crippen LogP contribution is -2.28. The van der Waals surface area contributed by atoms with Crippen molar-refractivity contribution < 1.29 is 4.79 Å². The third-order valence-corrected chi connectivity index (χ3v) is 6.42. The minimum atomic E-state index is -0.225. The fourth-order valence-electron chi connectivity index (χ4n) is 4.73. The highest BCUT2D eigenvalue weighted by atomic mass is 16.1. The SMILES string of the molecule is Cc1cc(C)c(CNC(=O)c2cc(-c3ccc(CN(C)C)cc3)cc3c2c(C)nn3C(C)C)c(=O)[nH]1. The van der Waals surface area contributed by atoms with Crippen molar-refractivity contribution >= 4 is 16.8 Å². The van der Waals surface area contributed by atoms with E-state index in [9.17, 15) is 9.59 Å². The summed E-state index contributed by atoms with van der Waals surface area (Å²) >= 11 is 0. The second-order valence-corrected chi connectivity index (χ2v) is 10.1. The molecule has 0 aliphatic heterocycles. The van der Waals surface area contributed by atoms with E-state index in [1.54, 1.807) is 0 Å². The van der Waals surface area contributed by atoms with Crippen molar-refractivity contribution in [2.24, 2.45) is 0 Å². The number of rotatable bonds is 7. The van der Waals surface area contributed by atoms with Gasteiger partial charge < -0.3 is 15.2 Å². The van der Waals surface area contributed by atoms with Crippen LogP contribution < -0.4 is 10.9 Å². The first-order chi connectivity index (χ1) is 17.0. The van der Waals surface area contributed by atoms with Crippen molar-refractivity contribution in [3.05, 3.63) is 86.5 Å². The van der Waals surface area contributed by atoms with Gasteiger partial charge >= 0.3 is 0 Å². The Bertz CT molecular complexity index is 1480. The third-order valence-electron chi connectivity index (χ3n) is 6.42. The molecule has 0 aliphatic carbocycles.